The van der Waals surface area contributed by atoms with Crippen molar-refractivity contribution >= 4 is 42.5 Å². The minimum Gasteiger partial charge on any atom is -0.465 e. The number of nitrogens with two attached hydrogens (primary N) is 1. The molecule has 0 radical (unpaired) electrons. The van der Waals surface area contributed by atoms with Crippen LogP contribution in [0.25, 0.3) is 0 Å². The van der Waals surface area contributed by atoms with Gasteiger partial charge in [0.15, 0.2) is 0 Å². The zero-order valence-electron chi connectivity index (χ0n) is 27.6. The first kappa shape index (κ1) is 40.8. The highest BCUT2D eigenvalue weighted by Crippen LogP contribution is 2.08. The normalized spacial score (nSPS) is 11.5. The van der Waals surface area contributed by atoms with Gasteiger partial charge in [0.1, 0.15) is 19.3 Å². The fourth-order valence-electron chi connectivity index (χ4n) is 4.57. The largest absolute Gasteiger partial charge is 0.465 e. The van der Waals surface area contributed by atoms with E-state index in [1.165, 1.54) is 4.90 Å². The molecule has 0 aliphatic rings. The van der Waals surface area contributed by atoms with E-state index >= 15 is 0 Å². The molecule has 0 aliphatic heterocycles. The first-order chi connectivity index (χ1) is 23.7. The van der Waals surface area contributed by atoms with Crippen molar-refractivity contribution in [1.82, 2.24) is 26.2 Å². The van der Waals surface area contributed by atoms with Crippen molar-refractivity contribution in [2.45, 2.75) is 51.1 Å². The second-order valence-corrected chi connectivity index (χ2v) is 11.1. The first-order valence-electron chi connectivity index (χ1n) is 16.0. The van der Waals surface area contributed by atoms with Crippen molar-refractivity contribution in [1.29, 1.82) is 0 Å². The summed E-state index contributed by atoms with van der Waals surface area (Å²) in [7, 11) is 0. The molecule has 50 heavy (non-hydrogen) atoms. The molecule has 0 saturated heterocycles. The minimum absolute atomic E-state index is 0. The molecule has 0 bridgehead atoms. The average molecular weight is 713 g/mol. The summed E-state index contributed by atoms with van der Waals surface area (Å²) < 4.78 is 10.4. The molecule has 0 heterocycles. The van der Waals surface area contributed by atoms with E-state index in [0.717, 1.165) is 16.7 Å². The van der Waals surface area contributed by atoms with E-state index in [1.807, 2.05) is 91.0 Å². The molecule has 15 heteroatoms. The lowest BCUT2D eigenvalue weighted by Gasteiger charge is -2.22. The molecule has 2 atom stereocenters. The molecule has 7 N–H and O–H groups in total. The van der Waals surface area contributed by atoms with Crippen molar-refractivity contribution in [3.05, 3.63) is 108 Å². The summed E-state index contributed by atoms with van der Waals surface area (Å²) in [4.78, 5) is 63.3. The molecule has 3 aromatic carbocycles. The van der Waals surface area contributed by atoms with Gasteiger partial charge in [0.25, 0.3) is 0 Å². The third-order valence-corrected chi connectivity index (χ3v) is 7.22. The van der Waals surface area contributed by atoms with Crippen molar-refractivity contribution in [3.63, 3.8) is 0 Å². The number of hydrogen-bond donors (Lipinski definition) is 6. The third-order valence-electron chi connectivity index (χ3n) is 7.22. The number of carbonyl (C=O) groups is 5. The summed E-state index contributed by atoms with van der Waals surface area (Å²) in [6, 6.07) is 25.3. The molecular formula is C35H45ClN6O8. The minimum atomic E-state index is -1.09. The Balaban J connectivity index is 0.00000867. The molecule has 0 unspecified atom stereocenters. The summed E-state index contributed by atoms with van der Waals surface area (Å²) >= 11 is 0. The van der Waals surface area contributed by atoms with Crippen LogP contribution in [-0.2, 0) is 38.8 Å². The SMILES string of the molecule is Cl.N[C@@H](CCCN(Cc1ccccc1)C(=O)O)C(=O)N[C@@H](CCNC(=O)OCc1ccccc1)C(=O)NCCNC(=O)OCc1ccccc1. The van der Waals surface area contributed by atoms with E-state index < -0.39 is 42.2 Å². The molecule has 3 rings (SSSR count). The number of hydrogen-bond acceptors (Lipinski definition) is 8. The molecule has 5 amide bonds. The number of rotatable bonds is 19. The van der Waals surface area contributed by atoms with E-state index in [2.05, 4.69) is 21.3 Å². The molecule has 14 nitrogen and oxygen atoms in total. The molecule has 0 aliphatic carbocycles. The monoisotopic (exact) mass is 712 g/mol. The number of carboxylic acid groups (broad SMARTS) is 1. The van der Waals surface area contributed by atoms with Gasteiger partial charge in [0, 0.05) is 32.7 Å². The van der Waals surface area contributed by atoms with E-state index in [1.54, 1.807) is 0 Å². The predicted molar refractivity (Wildman–Crippen MR) is 188 cm³/mol. The highest BCUT2D eigenvalue weighted by Gasteiger charge is 2.24. The zero-order valence-corrected chi connectivity index (χ0v) is 28.4. The van der Waals surface area contributed by atoms with Crippen LogP contribution in [0.3, 0.4) is 0 Å². The Bertz CT molecular complexity index is 1470. The Hall–Kier alpha value is -5.34. The maximum Gasteiger partial charge on any atom is 0.407 e. The van der Waals surface area contributed by atoms with E-state index in [4.69, 9.17) is 15.2 Å². The second-order valence-electron chi connectivity index (χ2n) is 11.1. The molecule has 0 aromatic heterocycles. The Morgan fingerprint density at radius 3 is 1.66 bits per heavy atom. The Morgan fingerprint density at radius 2 is 1.14 bits per heavy atom. The van der Waals surface area contributed by atoms with Crippen molar-refractivity contribution in [3.8, 4) is 0 Å². The standard InChI is InChI=1S/C35H44N6O8.ClH/c36-29(17-10-22-41(35(46)47)23-26-11-4-1-5-12-26)31(42)40-30(18-19-38-33(44)48-24-27-13-6-2-7-14-27)32(43)37-20-21-39-34(45)49-25-28-15-8-3-9-16-28;/h1-9,11-16,29-30H,10,17-25,36H2,(H,37,43)(H,38,44)(H,39,45)(H,40,42)(H,46,47);1H/t29-,30-;/m0./s1. The van der Waals surface area contributed by atoms with Crippen LogP contribution in [0.1, 0.15) is 36.0 Å². The van der Waals surface area contributed by atoms with Gasteiger partial charge in [-0.25, -0.2) is 14.4 Å². The number of nitrogens with one attached hydrogen (secondary N) is 4. The highest BCUT2D eigenvalue weighted by atomic mass is 35.5. The summed E-state index contributed by atoms with van der Waals surface area (Å²) in [5.41, 5.74) is 8.58. The van der Waals surface area contributed by atoms with Crippen LogP contribution in [0.5, 0.6) is 0 Å². The van der Waals surface area contributed by atoms with Crippen LogP contribution in [0.15, 0.2) is 91.0 Å². The van der Waals surface area contributed by atoms with Gasteiger partial charge in [-0.3, -0.25) is 9.59 Å². The lowest BCUT2D eigenvalue weighted by Crippen LogP contribution is -2.53. The Labute approximate surface area is 297 Å². The average Bonchev–Trinajstić information content (AvgIpc) is 3.11. The molecule has 270 valence electrons. The van der Waals surface area contributed by atoms with Crippen molar-refractivity contribution < 1.29 is 38.6 Å². The molecule has 3 aromatic rings. The number of halogens is 1. The maximum atomic E-state index is 13.1. The van der Waals surface area contributed by atoms with Gasteiger partial charge in [0.2, 0.25) is 11.8 Å². The maximum absolute atomic E-state index is 13.1. The lowest BCUT2D eigenvalue weighted by molar-refractivity contribution is -0.129. The van der Waals surface area contributed by atoms with Crippen LogP contribution < -0.4 is 27.0 Å². The fraction of sp³-hybridized carbons (Fsp3) is 0.343. The first-order valence-corrected chi connectivity index (χ1v) is 16.0. The van der Waals surface area contributed by atoms with Gasteiger partial charge in [-0.05, 0) is 36.0 Å². The van der Waals surface area contributed by atoms with Crippen LogP contribution in [-0.4, -0.2) is 78.4 Å². The van der Waals surface area contributed by atoms with Gasteiger partial charge in [-0.15, -0.1) is 12.4 Å². The van der Waals surface area contributed by atoms with Gasteiger partial charge < -0.3 is 46.5 Å². The Morgan fingerprint density at radius 1 is 0.660 bits per heavy atom. The van der Waals surface area contributed by atoms with Gasteiger partial charge in [0.05, 0.1) is 6.04 Å². The van der Waals surface area contributed by atoms with E-state index in [-0.39, 0.29) is 71.2 Å². The third kappa shape index (κ3) is 16.2. The van der Waals surface area contributed by atoms with E-state index in [9.17, 15) is 29.1 Å². The summed E-state index contributed by atoms with van der Waals surface area (Å²) in [5.74, 6) is -1.17. The van der Waals surface area contributed by atoms with Gasteiger partial charge in [-0.2, -0.15) is 0 Å². The fourth-order valence-corrected chi connectivity index (χ4v) is 4.57. The number of amides is 5. The number of alkyl carbamates (subject to hydrolysis) is 2. The zero-order chi connectivity index (χ0) is 35.3. The number of carbonyl (C=O) groups excluding carboxylic acids is 4. The summed E-state index contributed by atoms with van der Waals surface area (Å²) in [6.07, 6.45) is -1.95. The highest BCUT2D eigenvalue weighted by molar-refractivity contribution is 5.89. The van der Waals surface area contributed by atoms with Gasteiger partial charge >= 0.3 is 18.3 Å². The molecular weight excluding hydrogens is 668 g/mol. The number of ether oxygens (including phenoxy) is 2. The van der Waals surface area contributed by atoms with Crippen LogP contribution in [0.2, 0.25) is 0 Å². The smallest absolute Gasteiger partial charge is 0.407 e. The van der Waals surface area contributed by atoms with Crippen molar-refractivity contribution in [2.24, 2.45) is 5.73 Å². The summed E-state index contributed by atoms with van der Waals surface area (Å²) in [6.45, 7) is 0.607. The molecule has 0 saturated carbocycles. The van der Waals surface area contributed by atoms with Gasteiger partial charge in [-0.1, -0.05) is 91.0 Å². The van der Waals surface area contributed by atoms with Crippen LogP contribution >= 0.6 is 12.4 Å². The van der Waals surface area contributed by atoms with Crippen molar-refractivity contribution in [2.75, 3.05) is 26.2 Å². The second kappa shape index (κ2) is 23.1. The quantitative estimate of drug-likeness (QED) is 0.101. The topological polar surface area (TPSA) is 201 Å². The Kier molecular flexibility index (Phi) is 18.9. The predicted octanol–water partition coefficient (Wildman–Crippen LogP) is 3.54. The van der Waals surface area contributed by atoms with Crippen LogP contribution in [0, 0.1) is 0 Å². The van der Waals surface area contributed by atoms with E-state index in [0.29, 0.717) is 6.42 Å². The lowest BCUT2D eigenvalue weighted by atomic mass is 10.1. The molecule has 0 fully saturated rings. The number of nitrogens with zero attached hydrogens (tertiary/aromatic N) is 1. The summed E-state index contributed by atoms with van der Waals surface area (Å²) in [5, 5.41) is 20.0. The number of benzene rings is 3. The van der Waals surface area contributed by atoms with Crippen LogP contribution in [0.4, 0.5) is 14.4 Å². The molecule has 0 spiro atoms.